The molecule has 0 saturated carbocycles. The molecule has 1 aromatic rings. The molecule has 1 aromatic carbocycles. The summed E-state index contributed by atoms with van der Waals surface area (Å²) in [7, 11) is 1.67. The van der Waals surface area contributed by atoms with Crippen LogP contribution in [0.5, 0.6) is 0 Å². The molecule has 7 heteroatoms. The third kappa shape index (κ3) is 6.31. The predicted molar refractivity (Wildman–Crippen MR) is 113 cm³/mol. The number of carbonyl (C=O) groups excluding carboxylic acids is 1. The lowest BCUT2D eigenvalue weighted by Crippen LogP contribution is -2.51. The average molecular weight is 406 g/mol. The number of nitrogens with one attached hydrogen (secondary N) is 2. The van der Waals surface area contributed by atoms with Crippen LogP contribution in [0.2, 0.25) is 0 Å². The highest BCUT2D eigenvalue weighted by atomic mass is 35.5. The van der Waals surface area contributed by atoms with Crippen LogP contribution in [-0.4, -0.2) is 52.3 Å². The summed E-state index contributed by atoms with van der Waals surface area (Å²) in [5, 5.41) is 6.46. The van der Waals surface area contributed by atoms with Gasteiger partial charge < -0.3 is 20.3 Å². The Balaban J connectivity index is 0.00000312. The van der Waals surface area contributed by atoms with E-state index >= 15 is 0 Å². The molecule has 0 atom stereocenters. The molecule has 2 N–H and O–H groups in total. The fourth-order valence-electron chi connectivity index (χ4n) is 3.48. The molecule has 5 nitrogen and oxygen atoms in total. The number of anilines is 1. The molecule has 1 amide bonds. The zero-order valence-corrected chi connectivity index (χ0v) is 17.7. The molecule has 2 rings (SSSR count). The van der Waals surface area contributed by atoms with Crippen molar-refractivity contribution in [3.63, 3.8) is 0 Å². The van der Waals surface area contributed by atoms with E-state index in [0.29, 0.717) is 13.2 Å². The molecule has 1 fully saturated rings. The molecule has 1 heterocycles. The van der Waals surface area contributed by atoms with Gasteiger partial charge in [-0.1, -0.05) is 18.2 Å². The molecule has 0 aromatic heterocycles. The van der Waals surface area contributed by atoms with Gasteiger partial charge >= 0.3 is 0 Å². The van der Waals surface area contributed by atoms with Gasteiger partial charge in [0.05, 0.1) is 12.0 Å². The Bertz CT molecular complexity index is 532. The predicted octanol–water partition coefficient (Wildman–Crippen LogP) is 2.80. The monoisotopic (exact) mass is 405 g/mol. The number of benzene rings is 1. The van der Waals surface area contributed by atoms with Gasteiger partial charge in [0.1, 0.15) is 0 Å². The average Bonchev–Trinajstić information content (AvgIpc) is 2.60. The highest BCUT2D eigenvalue weighted by molar-refractivity contribution is 5.85. The van der Waals surface area contributed by atoms with Gasteiger partial charge in [-0.05, 0) is 51.4 Å². The Labute approximate surface area is 170 Å². The van der Waals surface area contributed by atoms with Crippen molar-refractivity contribution in [1.29, 1.82) is 0 Å². The number of methoxy groups -OCH3 is 1. The number of amides is 1. The summed E-state index contributed by atoms with van der Waals surface area (Å²) in [5.41, 5.74) is 2.13. The first-order valence-electron chi connectivity index (χ1n) is 8.91. The van der Waals surface area contributed by atoms with Gasteiger partial charge in [-0.25, -0.2) is 0 Å². The van der Waals surface area contributed by atoms with Crippen LogP contribution in [-0.2, 0) is 9.53 Å². The van der Waals surface area contributed by atoms with Crippen LogP contribution in [0.3, 0.4) is 0 Å². The first-order chi connectivity index (χ1) is 11.6. The number of nitrogens with zero attached hydrogens (tertiary/aromatic N) is 1. The quantitative estimate of drug-likeness (QED) is 0.697. The number of halogens is 2. The highest BCUT2D eigenvalue weighted by Gasteiger charge is 2.39. The number of hydrogen-bond donors (Lipinski definition) is 2. The zero-order chi connectivity index (χ0) is 17.4. The van der Waals surface area contributed by atoms with Gasteiger partial charge in [0.25, 0.3) is 0 Å². The van der Waals surface area contributed by atoms with Gasteiger partial charge in [-0.2, -0.15) is 0 Å². The molecular formula is C19H33Cl2N3O2. The van der Waals surface area contributed by atoms with E-state index in [9.17, 15) is 4.79 Å². The summed E-state index contributed by atoms with van der Waals surface area (Å²) in [5.74, 6) is 0.131. The van der Waals surface area contributed by atoms with Crippen molar-refractivity contribution in [2.24, 2.45) is 5.41 Å². The van der Waals surface area contributed by atoms with Crippen molar-refractivity contribution in [3.05, 3.63) is 29.8 Å². The van der Waals surface area contributed by atoms with Crippen molar-refractivity contribution in [3.8, 4) is 0 Å². The van der Waals surface area contributed by atoms with E-state index in [1.807, 2.05) is 0 Å². The Morgan fingerprint density at radius 1 is 1.27 bits per heavy atom. The fraction of sp³-hybridized carbons (Fsp3) is 0.632. The van der Waals surface area contributed by atoms with Crippen molar-refractivity contribution >= 4 is 36.4 Å². The maximum Gasteiger partial charge on any atom is 0.228 e. The normalized spacial score (nSPS) is 15.3. The SMILES string of the molecule is CCN(CCNC(=O)C1(COC)CCNCC1)c1ccccc1C.Cl.Cl. The third-order valence-corrected chi connectivity index (χ3v) is 4.97. The highest BCUT2D eigenvalue weighted by Crippen LogP contribution is 2.29. The van der Waals surface area contributed by atoms with Crippen LogP contribution >= 0.6 is 24.8 Å². The van der Waals surface area contributed by atoms with E-state index < -0.39 is 0 Å². The lowest BCUT2D eigenvalue weighted by molar-refractivity contribution is -0.136. The first kappa shape index (κ1) is 25.0. The Kier molecular flexibility index (Phi) is 11.9. The first-order valence-corrected chi connectivity index (χ1v) is 8.91. The second-order valence-electron chi connectivity index (χ2n) is 6.59. The number of aryl methyl sites for hydroxylation is 1. The molecule has 0 unspecified atom stereocenters. The van der Waals surface area contributed by atoms with Crippen LogP contribution in [0.4, 0.5) is 5.69 Å². The van der Waals surface area contributed by atoms with Gasteiger partial charge in [0.2, 0.25) is 5.91 Å². The Morgan fingerprint density at radius 2 is 1.92 bits per heavy atom. The van der Waals surface area contributed by atoms with Gasteiger partial charge in [0, 0.05) is 32.4 Å². The van der Waals surface area contributed by atoms with Gasteiger partial charge in [0.15, 0.2) is 0 Å². The van der Waals surface area contributed by atoms with Crippen molar-refractivity contribution in [1.82, 2.24) is 10.6 Å². The second-order valence-corrected chi connectivity index (χ2v) is 6.59. The summed E-state index contributed by atoms with van der Waals surface area (Å²) in [6.45, 7) is 8.91. The number of carbonyl (C=O) groups is 1. The molecular weight excluding hydrogens is 373 g/mol. The van der Waals surface area contributed by atoms with E-state index in [2.05, 4.69) is 53.6 Å². The van der Waals surface area contributed by atoms with E-state index in [1.54, 1.807) is 7.11 Å². The van der Waals surface area contributed by atoms with Crippen molar-refractivity contribution in [2.75, 3.05) is 51.3 Å². The lowest BCUT2D eigenvalue weighted by atomic mass is 9.78. The van der Waals surface area contributed by atoms with E-state index in [4.69, 9.17) is 4.74 Å². The van der Waals surface area contributed by atoms with Crippen LogP contribution in [0.25, 0.3) is 0 Å². The Morgan fingerprint density at radius 3 is 2.50 bits per heavy atom. The number of para-hydroxylation sites is 1. The molecule has 1 aliphatic rings. The third-order valence-electron chi connectivity index (χ3n) is 4.97. The number of hydrogen-bond acceptors (Lipinski definition) is 4. The van der Waals surface area contributed by atoms with E-state index in [-0.39, 0.29) is 36.1 Å². The maximum atomic E-state index is 12.7. The van der Waals surface area contributed by atoms with Crippen LogP contribution in [0.15, 0.2) is 24.3 Å². The summed E-state index contributed by atoms with van der Waals surface area (Å²) >= 11 is 0. The number of piperidine rings is 1. The fourth-order valence-corrected chi connectivity index (χ4v) is 3.48. The Hall–Kier alpha value is -1.01. The smallest absolute Gasteiger partial charge is 0.228 e. The summed E-state index contributed by atoms with van der Waals surface area (Å²) in [6.07, 6.45) is 1.67. The molecule has 1 saturated heterocycles. The minimum Gasteiger partial charge on any atom is -0.384 e. The van der Waals surface area contributed by atoms with Crippen LogP contribution < -0.4 is 15.5 Å². The molecule has 0 spiro atoms. The minimum atomic E-state index is -0.375. The molecule has 0 radical (unpaired) electrons. The van der Waals surface area contributed by atoms with Crippen molar-refractivity contribution < 1.29 is 9.53 Å². The topological polar surface area (TPSA) is 53.6 Å². The zero-order valence-electron chi connectivity index (χ0n) is 16.0. The van der Waals surface area contributed by atoms with Crippen LogP contribution in [0.1, 0.15) is 25.3 Å². The summed E-state index contributed by atoms with van der Waals surface area (Å²) in [4.78, 5) is 15.1. The second kappa shape index (κ2) is 12.4. The molecule has 150 valence electrons. The summed E-state index contributed by atoms with van der Waals surface area (Å²) in [6, 6.07) is 8.38. The van der Waals surface area contributed by atoms with Gasteiger partial charge in [-0.15, -0.1) is 24.8 Å². The van der Waals surface area contributed by atoms with E-state index in [1.165, 1.54) is 11.3 Å². The lowest BCUT2D eigenvalue weighted by Gasteiger charge is -2.36. The standard InChI is InChI=1S/C19H31N3O2.2ClH/c1-4-22(17-8-6-5-7-16(17)2)14-13-21-18(23)19(15-24-3)9-11-20-12-10-19;;/h5-8,20H,4,9-15H2,1-3H3,(H,21,23);2*1H. The maximum absolute atomic E-state index is 12.7. The summed E-state index contributed by atoms with van der Waals surface area (Å²) < 4.78 is 5.34. The molecule has 1 aliphatic heterocycles. The van der Waals surface area contributed by atoms with E-state index in [0.717, 1.165) is 39.0 Å². The van der Waals surface area contributed by atoms with Crippen molar-refractivity contribution in [2.45, 2.75) is 26.7 Å². The minimum absolute atomic E-state index is 0. The van der Waals surface area contributed by atoms with Gasteiger partial charge in [-0.3, -0.25) is 4.79 Å². The van der Waals surface area contributed by atoms with Crippen LogP contribution in [0, 0.1) is 12.3 Å². The number of rotatable bonds is 8. The largest absolute Gasteiger partial charge is 0.384 e. The molecule has 0 aliphatic carbocycles. The molecule has 0 bridgehead atoms. The molecule has 26 heavy (non-hydrogen) atoms. The number of ether oxygens (including phenoxy) is 1. The number of likely N-dealkylation sites (N-methyl/N-ethyl adjacent to an activating group) is 1.